The van der Waals surface area contributed by atoms with Gasteiger partial charge < -0.3 is 5.32 Å². The maximum Gasteiger partial charge on any atom is 0.271 e. The molecule has 6 nitrogen and oxygen atoms in total. The van der Waals surface area contributed by atoms with Crippen molar-refractivity contribution in [1.82, 2.24) is 4.98 Å². The molecule has 2 aromatic heterocycles. The van der Waals surface area contributed by atoms with Gasteiger partial charge in [0.15, 0.2) is 5.13 Å². The van der Waals surface area contributed by atoms with Crippen molar-refractivity contribution in [3.8, 4) is 0 Å². The van der Waals surface area contributed by atoms with Gasteiger partial charge in [-0.3, -0.25) is 9.52 Å². The van der Waals surface area contributed by atoms with E-state index in [1.807, 2.05) is 0 Å². The number of hydrogen-bond acceptors (Lipinski definition) is 6. The average Bonchev–Trinajstić information content (AvgIpc) is 3.35. The van der Waals surface area contributed by atoms with Crippen LogP contribution in [0.5, 0.6) is 0 Å². The lowest BCUT2D eigenvalue weighted by molar-refractivity contribution is -0.119. The molecule has 9 heteroatoms. The zero-order chi connectivity index (χ0) is 18.1. The van der Waals surface area contributed by atoms with E-state index in [2.05, 4.69) is 15.0 Å². The van der Waals surface area contributed by atoms with Crippen molar-refractivity contribution in [2.45, 2.75) is 29.9 Å². The number of aromatic nitrogens is 1. The third-order valence-electron chi connectivity index (χ3n) is 4.36. The summed E-state index contributed by atoms with van der Waals surface area (Å²) in [5.74, 6) is 0.107. The van der Waals surface area contributed by atoms with Crippen molar-refractivity contribution in [3.63, 3.8) is 0 Å². The van der Waals surface area contributed by atoms with Gasteiger partial charge >= 0.3 is 0 Å². The summed E-state index contributed by atoms with van der Waals surface area (Å²) in [6, 6.07) is 8.43. The Morgan fingerprint density at radius 1 is 1.19 bits per heavy atom. The summed E-state index contributed by atoms with van der Waals surface area (Å²) < 4.78 is 28.3. The number of sulfonamides is 1. The molecule has 1 fully saturated rings. The molecule has 2 N–H and O–H groups in total. The number of carbonyl (C=O) groups excluding carboxylic acids is 1. The van der Waals surface area contributed by atoms with Gasteiger partial charge in [0, 0.05) is 5.92 Å². The van der Waals surface area contributed by atoms with E-state index in [0.717, 1.165) is 35.9 Å². The van der Waals surface area contributed by atoms with E-state index in [1.54, 1.807) is 35.7 Å². The minimum atomic E-state index is -3.58. The fraction of sp³-hybridized carbons (Fsp3) is 0.294. The molecule has 136 valence electrons. The fourth-order valence-corrected chi connectivity index (χ4v) is 6.01. The molecule has 1 amide bonds. The van der Waals surface area contributed by atoms with Crippen molar-refractivity contribution in [3.05, 3.63) is 35.7 Å². The quantitative estimate of drug-likeness (QED) is 0.660. The first-order chi connectivity index (χ1) is 12.5. The molecular weight excluding hydrogens is 390 g/mol. The lowest BCUT2D eigenvalue weighted by Gasteiger charge is -2.07. The Bertz CT molecular complexity index is 1040. The number of thiazole rings is 1. The van der Waals surface area contributed by atoms with Crippen LogP contribution in [0.2, 0.25) is 0 Å². The van der Waals surface area contributed by atoms with Crippen LogP contribution in [-0.4, -0.2) is 19.3 Å². The van der Waals surface area contributed by atoms with Crippen LogP contribution in [0.3, 0.4) is 0 Å². The predicted molar refractivity (Wildman–Crippen MR) is 105 cm³/mol. The van der Waals surface area contributed by atoms with Gasteiger partial charge in [0.2, 0.25) is 5.91 Å². The number of nitrogens with zero attached hydrogens (tertiary/aromatic N) is 1. The lowest BCUT2D eigenvalue weighted by Crippen LogP contribution is -2.19. The molecule has 0 saturated heterocycles. The van der Waals surface area contributed by atoms with Gasteiger partial charge in [-0.25, -0.2) is 13.4 Å². The second kappa shape index (κ2) is 6.98. The summed E-state index contributed by atoms with van der Waals surface area (Å²) in [6.45, 7) is 0. The third-order valence-corrected chi connectivity index (χ3v) is 8.07. The van der Waals surface area contributed by atoms with Crippen LogP contribution in [0.4, 0.5) is 10.8 Å². The molecule has 2 heterocycles. The first-order valence-electron chi connectivity index (χ1n) is 8.29. The highest BCUT2D eigenvalue weighted by molar-refractivity contribution is 7.94. The Morgan fingerprint density at radius 2 is 2.00 bits per heavy atom. The maximum atomic E-state index is 12.3. The Balaban J connectivity index is 1.53. The summed E-state index contributed by atoms with van der Waals surface area (Å²) in [4.78, 5) is 16.7. The normalized spacial score (nSPS) is 15.4. The number of hydrogen-bond donors (Lipinski definition) is 2. The van der Waals surface area contributed by atoms with Crippen molar-refractivity contribution in [1.29, 1.82) is 0 Å². The van der Waals surface area contributed by atoms with E-state index in [4.69, 9.17) is 0 Å². The Kier molecular flexibility index (Phi) is 4.68. The summed E-state index contributed by atoms with van der Waals surface area (Å²) in [5.41, 5.74) is 1.21. The van der Waals surface area contributed by atoms with Gasteiger partial charge in [-0.1, -0.05) is 30.2 Å². The molecule has 0 radical (unpaired) electrons. The van der Waals surface area contributed by atoms with Crippen molar-refractivity contribution < 1.29 is 13.2 Å². The fourth-order valence-electron chi connectivity index (χ4n) is 3.06. The molecule has 1 aliphatic rings. The Hall–Kier alpha value is -1.97. The van der Waals surface area contributed by atoms with Crippen LogP contribution < -0.4 is 10.0 Å². The van der Waals surface area contributed by atoms with Crippen LogP contribution in [0.15, 0.2) is 39.9 Å². The topological polar surface area (TPSA) is 88.2 Å². The smallest absolute Gasteiger partial charge is 0.271 e. The van der Waals surface area contributed by atoms with E-state index in [9.17, 15) is 13.2 Å². The zero-order valence-electron chi connectivity index (χ0n) is 13.8. The SMILES string of the molecule is O=C(Nc1nc2ccc(NS(=O)(=O)c3cccs3)cc2s1)C1CCCC1. The number of fused-ring (bicyclic) bond motifs is 1. The monoisotopic (exact) mass is 407 g/mol. The molecule has 1 saturated carbocycles. The summed E-state index contributed by atoms with van der Waals surface area (Å²) in [6.07, 6.45) is 4.08. The minimum Gasteiger partial charge on any atom is -0.302 e. The van der Waals surface area contributed by atoms with Crippen molar-refractivity contribution in [2.24, 2.45) is 5.92 Å². The van der Waals surface area contributed by atoms with Crippen LogP contribution >= 0.6 is 22.7 Å². The van der Waals surface area contributed by atoms with E-state index in [1.165, 1.54) is 22.7 Å². The van der Waals surface area contributed by atoms with Gasteiger partial charge in [0.25, 0.3) is 10.0 Å². The number of nitrogens with one attached hydrogen (secondary N) is 2. The van der Waals surface area contributed by atoms with E-state index >= 15 is 0 Å². The summed E-state index contributed by atoms with van der Waals surface area (Å²) in [5, 5.41) is 5.17. The lowest BCUT2D eigenvalue weighted by atomic mass is 10.1. The molecule has 0 spiro atoms. The largest absolute Gasteiger partial charge is 0.302 e. The first kappa shape index (κ1) is 17.4. The predicted octanol–water partition coefficient (Wildman–Crippen LogP) is 4.29. The van der Waals surface area contributed by atoms with Gasteiger partial charge in [0.1, 0.15) is 4.21 Å². The zero-order valence-corrected chi connectivity index (χ0v) is 16.2. The van der Waals surface area contributed by atoms with Crippen LogP contribution in [0.25, 0.3) is 10.2 Å². The van der Waals surface area contributed by atoms with E-state index in [0.29, 0.717) is 10.8 Å². The standard InChI is InChI=1S/C17H17N3O3S3/c21-16(11-4-1-2-5-11)19-17-18-13-8-7-12(10-14(13)25-17)20-26(22,23)15-6-3-9-24-15/h3,6-11,20H,1-2,4-5H2,(H,18,19,21). The van der Waals surface area contributed by atoms with Crippen LogP contribution in [0, 0.1) is 5.92 Å². The molecule has 0 aliphatic heterocycles. The van der Waals surface area contributed by atoms with E-state index in [-0.39, 0.29) is 16.0 Å². The molecule has 0 atom stereocenters. The molecule has 1 aromatic carbocycles. The molecule has 0 unspecified atom stereocenters. The molecule has 1 aliphatic carbocycles. The maximum absolute atomic E-state index is 12.3. The summed E-state index contributed by atoms with van der Waals surface area (Å²) >= 11 is 2.51. The molecule has 0 bridgehead atoms. The molecule has 3 aromatic rings. The number of rotatable bonds is 5. The highest BCUT2D eigenvalue weighted by atomic mass is 32.2. The van der Waals surface area contributed by atoms with Gasteiger partial charge in [0.05, 0.1) is 15.9 Å². The highest BCUT2D eigenvalue weighted by Gasteiger charge is 2.23. The van der Waals surface area contributed by atoms with Gasteiger partial charge in [-0.2, -0.15) is 0 Å². The minimum absolute atomic E-state index is 0.0279. The third kappa shape index (κ3) is 3.60. The van der Waals surface area contributed by atoms with Crippen LogP contribution in [0.1, 0.15) is 25.7 Å². The number of amides is 1. The Labute approximate surface area is 159 Å². The number of thiophene rings is 1. The Morgan fingerprint density at radius 3 is 2.73 bits per heavy atom. The molecule has 4 rings (SSSR count). The number of carbonyl (C=O) groups is 1. The average molecular weight is 408 g/mol. The van der Waals surface area contributed by atoms with Gasteiger partial charge in [-0.15, -0.1) is 11.3 Å². The first-order valence-corrected chi connectivity index (χ1v) is 11.5. The van der Waals surface area contributed by atoms with E-state index < -0.39 is 10.0 Å². The second-order valence-corrected chi connectivity index (χ2v) is 10.1. The second-order valence-electron chi connectivity index (χ2n) is 6.21. The van der Waals surface area contributed by atoms with Gasteiger partial charge in [-0.05, 0) is 42.5 Å². The molecular formula is C17H17N3O3S3. The number of anilines is 2. The molecule has 26 heavy (non-hydrogen) atoms. The highest BCUT2D eigenvalue weighted by Crippen LogP contribution is 2.31. The van der Waals surface area contributed by atoms with Crippen LogP contribution in [-0.2, 0) is 14.8 Å². The summed E-state index contributed by atoms with van der Waals surface area (Å²) in [7, 11) is -3.58. The number of benzene rings is 1. The van der Waals surface area contributed by atoms with Crippen molar-refractivity contribution >= 4 is 59.6 Å². The van der Waals surface area contributed by atoms with Crippen molar-refractivity contribution in [2.75, 3.05) is 10.0 Å².